The highest BCUT2D eigenvalue weighted by molar-refractivity contribution is 8.00. The molecule has 2 aromatic rings. The molecule has 1 heterocycles. The number of nitrogens with two attached hydrogens (primary N) is 1. The van der Waals surface area contributed by atoms with Crippen molar-refractivity contribution in [1.82, 2.24) is 4.98 Å². The van der Waals surface area contributed by atoms with Gasteiger partial charge in [-0.25, -0.2) is 9.83 Å². The predicted octanol–water partition coefficient (Wildman–Crippen LogP) is 3.45. The monoisotopic (exact) mass is 366 g/mol. The molecule has 0 fully saturated rings. The summed E-state index contributed by atoms with van der Waals surface area (Å²) in [6, 6.07) is 10.6. The van der Waals surface area contributed by atoms with Gasteiger partial charge in [0.1, 0.15) is 22.1 Å². The van der Waals surface area contributed by atoms with Crippen molar-refractivity contribution in [2.24, 2.45) is 5.73 Å². The summed E-state index contributed by atoms with van der Waals surface area (Å²) < 4.78 is 8.69. The Morgan fingerprint density at radius 3 is 2.62 bits per heavy atom. The van der Waals surface area contributed by atoms with Crippen molar-refractivity contribution >= 4 is 29.2 Å². The third kappa shape index (κ3) is 3.79. The van der Waals surface area contributed by atoms with Crippen LogP contribution in [0.15, 0.2) is 35.4 Å². The third-order valence-corrected chi connectivity index (χ3v) is 4.81. The van der Waals surface area contributed by atoms with Gasteiger partial charge in [0.2, 0.25) is 11.6 Å². The van der Waals surface area contributed by atoms with Crippen LogP contribution in [0, 0.1) is 17.9 Å². The first-order valence-corrected chi connectivity index (χ1v) is 8.67. The number of nitriles is 1. The van der Waals surface area contributed by atoms with Gasteiger partial charge in [-0.05, 0) is 17.5 Å². The summed E-state index contributed by atoms with van der Waals surface area (Å²) in [5.41, 5.74) is 7.00. The molecule has 1 atom stereocenters. The normalized spacial score (nSPS) is 13.0. The summed E-state index contributed by atoms with van der Waals surface area (Å²) in [4.78, 5) is 21.8. The lowest BCUT2D eigenvalue weighted by Gasteiger charge is -2.20. The van der Waals surface area contributed by atoms with E-state index in [9.17, 15) is 10.1 Å². The van der Waals surface area contributed by atoms with Crippen LogP contribution in [0.4, 0.5) is 11.5 Å². The molecule has 2 N–H and O–H groups in total. The van der Waals surface area contributed by atoms with Gasteiger partial charge in [0.25, 0.3) is 0 Å². The molecule has 0 bridgehead atoms. The number of aromatic nitrogens is 1. The van der Waals surface area contributed by atoms with Crippen LogP contribution in [0.5, 0.6) is 0 Å². The van der Waals surface area contributed by atoms with Crippen molar-refractivity contribution in [3.63, 3.8) is 0 Å². The van der Waals surface area contributed by atoms with E-state index >= 15 is 0 Å². The summed E-state index contributed by atoms with van der Waals surface area (Å²) in [6.07, 6.45) is 0.449. The minimum absolute atomic E-state index is 0.202. The highest BCUT2D eigenvalue weighted by Gasteiger charge is 2.26. The molecule has 7 heteroatoms. The lowest BCUT2D eigenvalue weighted by Crippen LogP contribution is -2.19. The SMILES string of the molecule is [2H]C(Sc1nc(N(C)C)c([N+]#[C-])c(CC)c1C#N)(C(N)=O)c1ccccc1. The molecule has 0 saturated heterocycles. The molecule has 1 unspecified atom stereocenters. The van der Waals surface area contributed by atoms with Crippen LogP contribution in [0.3, 0.4) is 0 Å². The van der Waals surface area contributed by atoms with Crippen LogP contribution in [0.1, 0.15) is 30.2 Å². The van der Waals surface area contributed by atoms with Gasteiger partial charge in [0, 0.05) is 14.1 Å². The first-order chi connectivity index (χ1) is 12.8. The number of amides is 1. The highest BCUT2D eigenvalue weighted by atomic mass is 32.2. The molecule has 0 aliphatic heterocycles. The minimum atomic E-state index is -1.85. The summed E-state index contributed by atoms with van der Waals surface area (Å²) in [5.74, 6) is -0.466. The fourth-order valence-corrected chi connectivity index (χ4v) is 3.44. The van der Waals surface area contributed by atoms with E-state index in [0.717, 1.165) is 11.8 Å². The Labute approximate surface area is 158 Å². The molecular weight excluding hydrogens is 346 g/mol. The Kier molecular flexibility index (Phi) is 5.73. The molecule has 0 aliphatic rings. The zero-order chi connectivity index (χ0) is 20.2. The van der Waals surface area contributed by atoms with Gasteiger partial charge in [-0.15, -0.1) is 0 Å². The second kappa shape index (κ2) is 8.37. The number of nitrogens with zero attached hydrogens (tertiary/aromatic N) is 4. The van der Waals surface area contributed by atoms with Gasteiger partial charge in [0.05, 0.1) is 13.5 Å². The molecule has 1 aromatic heterocycles. The molecule has 0 aliphatic carbocycles. The number of hydrogen-bond acceptors (Lipinski definition) is 5. The Hall–Kier alpha value is -3.03. The molecule has 0 radical (unpaired) electrons. The summed E-state index contributed by atoms with van der Waals surface area (Å²) in [7, 11) is 3.49. The van der Waals surface area contributed by atoms with Crippen LogP contribution in [0.2, 0.25) is 0 Å². The van der Waals surface area contributed by atoms with E-state index in [1.54, 1.807) is 49.3 Å². The molecule has 26 heavy (non-hydrogen) atoms. The molecule has 1 amide bonds. The van der Waals surface area contributed by atoms with Crippen molar-refractivity contribution in [3.8, 4) is 6.07 Å². The second-order valence-corrected chi connectivity index (χ2v) is 6.57. The fraction of sp³-hybridized carbons (Fsp3) is 0.263. The van der Waals surface area contributed by atoms with E-state index in [-0.39, 0.29) is 10.6 Å². The smallest absolute Gasteiger partial charge is 0.235 e. The number of primary amides is 1. The molecule has 6 nitrogen and oxygen atoms in total. The Bertz CT molecular complexity index is 949. The maximum Gasteiger partial charge on any atom is 0.235 e. The van der Waals surface area contributed by atoms with Crippen molar-refractivity contribution in [1.29, 1.82) is 5.26 Å². The van der Waals surface area contributed by atoms with Crippen LogP contribution >= 0.6 is 11.8 Å². The van der Waals surface area contributed by atoms with Crippen LogP contribution in [0.25, 0.3) is 4.85 Å². The van der Waals surface area contributed by atoms with E-state index in [4.69, 9.17) is 13.7 Å². The van der Waals surface area contributed by atoms with Gasteiger partial charge >= 0.3 is 0 Å². The van der Waals surface area contributed by atoms with Crippen LogP contribution < -0.4 is 10.6 Å². The van der Waals surface area contributed by atoms with Crippen molar-refractivity contribution in [2.45, 2.75) is 23.6 Å². The van der Waals surface area contributed by atoms with Gasteiger partial charge in [0.15, 0.2) is 0 Å². The third-order valence-electron chi connectivity index (χ3n) is 3.68. The number of anilines is 1. The number of carbonyl (C=O) groups excluding carboxylic acids is 1. The second-order valence-electron chi connectivity index (χ2n) is 5.58. The van der Waals surface area contributed by atoms with E-state index in [0.29, 0.717) is 29.1 Å². The topological polar surface area (TPSA) is 87.4 Å². The zero-order valence-electron chi connectivity index (χ0n) is 15.8. The fourth-order valence-electron chi connectivity index (χ4n) is 2.49. The Morgan fingerprint density at radius 2 is 2.15 bits per heavy atom. The molecule has 0 spiro atoms. The molecule has 132 valence electrons. The first-order valence-electron chi connectivity index (χ1n) is 8.36. The lowest BCUT2D eigenvalue weighted by atomic mass is 10.1. The average Bonchev–Trinajstić information content (AvgIpc) is 2.67. The molecule has 0 saturated carbocycles. The molecular formula is C19H19N5OS. The van der Waals surface area contributed by atoms with Crippen LogP contribution in [-0.2, 0) is 11.2 Å². The Morgan fingerprint density at radius 1 is 1.50 bits per heavy atom. The molecule has 1 aromatic carbocycles. The maximum absolute atomic E-state index is 12.2. The summed E-state index contributed by atoms with van der Waals surface area (Å²) in [5, 5.41) is 8.05. The maximum atomic E-state index is 12.2. The minimum Gasteiger partial charge on any atom is -0.371 e. The number of pyridine rings is 1. The quantitative estimate of drug-likeness (QED) is 0.625. The van der Waals surface area contributed by atoms with Gasteiger partial charge in [-0.1, -0.05) is 49.0 Å². The van der Waals surface area contributed by atoms with E-state index < -0.39 is 11.1 Å². The van der Waals surface area contributed by atoms with Crippen LogP contribution in [-0.4, -0.2) is 25.0 Å². The van der Waals surface area contributed by atoms with Gasteiger partial charge < -0.3 is 10.6 Å². The summed E-state index contributed by atoms with van der Waals surface area (Å²) in [6.45, 7) is 9.32. The highest BCUT2D eigenvalue weighted by Crippen LogP contribution is 2.42. The van der Waals surface area contributed by atoms with E-state index in [2.05, 4.69) is 15.9 Å². The Balaban J connectivity index is 2.74. The lowest BCUT2D eigenvalue weighted by molar-refractivity contribution is -0.117. The zero-order valence-corrected chi connectivity index (χ0v) is 15.6. The standard InChI is InChI=1S/C19H19N5OS/c1-5-13-14(11-20)19(23-18(24(3)4)15(13)22-2)26-16(17(21)25)12-9-7-6-8-10-12/h6-10,16H,5H2,1,3-4H3,(H2,21,25)/i16D. The van der Waals surface area contributed by atoms with Crippen molar-refractivity contribution in [2.75, 3.05) is 19.0 Å². The van der Waals surface area contributed by atoms with Gasteiger partial charge in [-0.2, -0.15) is 5.26 Å². The largest absolute Gasteiger partial charge is 0.371 e. The number of benzene rings is 1. The van der Waals surface area contributed by atoms with E-state index in [1.165, 1.54) is 0 Å². The first kappa shape index (κ1) is 17.8. The van der Waals surface area contributed by atoms with E-state index in [1.807, 2.05) is 6.92 Å². The molecule has 2 rings (SSSR count). The summed E-state index contributed by atoms with van der Waals surface area (Å²) >= 11 is 0.813. The number of hydrogen-bond donors (Lipinski definition) is 1. The number of carbonyl (C=O) groups is 1. The average molecular weight is 366 g/mol. The van der Waals surface area contributed by atoms with Gasteiger partial charge in [-0.3, -0.25) is 4.79 Å². The van der Waals surface area contributed by atoms with Crippen molar-refractivity contribution in [3.05, 3.63) is 58.4 Å². The predicted molar refractivity (Wildman–Crippen MR) is 103 cm³/mol. The van der Waals surface area contributed by atoms with Crippen molar-refractivity contribution < 1.29 is 6.17 Å². The number of rotatable bonds is 6. The number of thioether (sulfide) groups is 1.